The van der Waals surface area contributed by atoms with Crippen molar-refractivity contribution >= 4 is 34.2 Å². The second kappa shape index (κ2) is 9.11. The summed E-state index contributed by atoms with van der Waals surface area (Å²) in [5, 5.41) is 1.21. The van der Waals surface area contributed by atoms with Crippen LogP contribution in [-0.4, -0.2) is 16.2 Å². The van der Waals surface area contributed by atoms with Crippen LogP contribution in [0.25, 0.3) is 22.4 Å². The Morgan fingerprint density at radius 3 is 2.53 bits per heavy atom. The van der Waals surface area contributed by atoms with Gasteiger partial charge in [-0.2, -0.15) is 0 Å². The van der Waals surface area contributed by atoms with Gasteiger partial charge in [0.05, 0.1) is 22.7 Å². The van der Waals surface area contributed by atoms with Crippen molar-refractivity contribution in [2.45, 2.75) is 32.7 Å². The van der Waals surface area contributed by atoms with Gasteiger partial charge in [-0.3, -0.25) is 0 Å². The van der Waals surface area contributed by atoms with Gasteiger partial charge in [0.2, 0.25) is 0 Å². The molecule has 154 valence electrons. The van der Waals surface area contributed by atoms with Crippen molar-refractivity contribution in [2.75, 3.05) is 6.61 Å². The van der Waals surface area contributed by atoms with E-state index in [0.29, 0.717) is 22.6 Å². The number of rotatable bonds is 7. The van der Waals surface area contributed by atoms with Crippen LogP contribution in [0.4, 0.5) is 0 Å². The van der Waals surface area contributed by atoms with Crippen molar-refractivity contribution in [1.82, 2.24) is 9.55 Å². The lowest BCUT2D eigenvalue weighted by Gasteiger charge is -2.15. The van der Waals surface area contributed by atoms with Gasteiger partial charge in [-0.1, -0.05) is 67.4 Å². The molecule has 5 heteroatoms. The van der Waals surface area contributed by atoms with Gasteiger partial charge in [0, 0.05) is 17.1 Å². The van der Waals surface area contributed by atoms with Crippen LogP contribution in [0.5, 0.6) is 5.75 Å². The molecule has 0 aliphatic rings. The lowest BCUT2D eigenvalue weighted by atomic mass is 10.0. The standard InChI is InChI=1S/C25H24Cl2N2O/c1-17(2)19-8-3-6-11-24(19)30-15-7-14-29-23-10-5-4-9-22(23)28-25(29)20-13-12-18(26)16-21(20)27/h3-6,8-13,16-17H,7,14-15H2,1-2H3. The number of aryl methyl sites for hydroxylation is 1. The van der Waals surface area contributed by atoms with Gasteiger partial charge in [0.25, 0.3) is 0 Å². The van der Waals surface area contributed by atoms with Gasteiger partial charge in [0.15, 0.2) is 0 Å². The quantitative estimate of drug-likeness (QED) is 0.277. The minimum atomic E-state index is 0.428. The van der Waals surface area contributed by atoms with Crippen molar-refractivity contribution in [3.05, 3.63) is 82.3 Å². The molecule has 1 heterocycles. The molecule has 0 N–H and O–H groups in total. The van der Waals surface area contributed by atoms with E-state index in [4.69, 9.17) is 32.9 Å². The van der Waals surface area contributed by atoms with Crippen LogP contribution in [0.3, 0.4) is 0 Å². The molecule has 0 amide bonds. The van der Waals surface area contributed by atoms with Crippen molar-refractivity contribution in [3.8, 4) is 17.1 Å². The van der Waals surface area contributed by atoms with E-state index in [2.05, 4.69) is 36.6 Å². The fourth-order valence-corrected chi connectivity index (χ4v) is 4.17. The zero-order chi connectivity index (χ0) is 21.1. The smallest absolute Gasteiger partial charge is 0.142 e. The van der Waals surface area contributed by atoms with Crippen LogP contribution in [-0.2, 0) is 6.54 Å². The first-order valence-electron chi connectivity index (χ1n) is 10.2. The fraction of sp³-hybridized carbons (Fsp3) is 0.240. The summed E-state index contributed by atoms with van der Waals surface area (Å²) in [5.41, 5.74) is 4.15. The molecule has 0 atom stereocenters. The van der Waals surface area contributed by atoms with Gasteiger partial charge in [0.1, 0.15) is 11.6 Å². The Bertz CT molecular complexity index is 1170. The van der Waals surface area contributed by atoms with Crippen LogP contribution in [0.15, 0.2) is 66.7 Å². The second-order valence-electron chi connectivity index (χ2n) is 7.59. The molecule has 0 fully saturated rings. The maximum Gasteiger partial charge on any atom is 0.142 e. The largest absolute Gasteiger partial charge is 0.493 e. The first-order chi connectivity index (χ1) is 14.5. The van der Waals surface area contributed by atoms with Crippen LogP contribution in [0.1, 0.15) is 31.7 Å². The highest BCUT2D eigenvalue weighted by Crippen LogP contribution is 2.32. The zero-order valence-corrected chi connectivity index (χ0v) is 18.6. The van der Waals surface area contributed by atoms with Crippen molar-refractivity contribution in [2.24, 2.45) is 0 Å². The van der Waals surface area contributed by atoms with E-state index in [1.807, 2.05) is 42.5 Å². The Morgan fingerprint density at radius 1 is 0.967 bits per heavy atom. The lowest BCUT2D eigenvalue weighted by molar-refractivity contribution is 0.299. The van der Waals surface area contributed by atoms with Gasteiger partial charge in [-0.05, 0) is 54.3 Å². The molecule has 0 saturated carbocycles. The molecule has 30 heavy (non-hydrogen) atoms. The normalized spacial score (nSPS) is 11.4. The molecule has 0 spiro atoms. The molecule has 4 rings (SSSR count). The summed E-state index contributed by atoms with van der Waals surface area (Å²) in [5.74, 6) is 2.24. The van der Waals surface area contributed by atoms with Crippen LogP contribution in [0, 0.1) is 0 Å². The molecule has 0 unspecified atom stereocenters. The number of para-hydroxylation sites is 3. The maximum absolute atomic E-state index is 6.49. The average molecular weight is 439 g/mol. The van der Waals surface area contributed by atoms with Crippen molar-refractivity contribution in [1.29, 1.82) is 0 Å². The van der Waals surface area contributed by atoms with E-state index in [1.54, 1.807) is 6.07 Å². The number of hydrogen-bond donors (Lipinski definition) is 0. The fourth-order valence-electron chi connectivity index (χ4n) is 3.67. The number of halogens is 2. The minimum absolute atomic E-state index is 0.428. The summed E-state index contributed by atoms with van der Waals surface area (Å²) in [7, 11) is 0. The number of benzene rings is 3. The summed E-state index contributed by atoms with van der Waals surface area (Å²) in [6.45, 7) is 5.77. The molecule has 3 nitrogen and oxygen atoms in total. The predicted octanol–water partition coefficient (Wildman–Crippen LogP) is 7.60. The van der Waals surface area contributed by atoms with Crippen molar-refractivity contribution < 1.29 is 4.74 Å². The van der Waals surface area contributed by atoms with Crippen LogP contribution in [0.2, 0.25) is 10.0 Å². The maximum atomic E-state index is 6.49. The third kappa shape index (κ3) is 4.33. The van der Waals surface area contributed by atoms with Crippen LogP contribution < -0.4 is 4.74 Å². The number of aromatic nitrogens is 2. The second-order valence-corrected chi connectivity index (χ2v) is 8.44. The van der Waals surface area contributed by atoms with E-state index >= 15 is 0 Å². The molecule has 0 aliphatic heterocycles. The van der Waals surface area contributed by atoms with E-state index in [-0.39, 0.29) is 0 Å². The molecule has 0 aliphatic carbocycles. The Kier molecular flexibility index (Phi) is 6.31. The molecule has 4 aromatic rings. The summed E-state index contributed by atoms with van der Waals surface area (Å²) in [4.78, 5) is 4.84. The van der Waals surface area contributed by atoms with E-state index in [0.717, 1.165) is 41.1 Å². The summed E-state index contributed by atoms with van der Waals surface area (Å²) in [6.07, 6.45) is 0.852. The highest BCUT2D eigenvalue weighted by Gasteiger charge is 2.15. The average Bonchev–Trinajstić information content (AvgIpc) is 3.09. The Hall–Kier alpha value is -2.49. The third-order valence-corrected chi connectivity index (χ3v) is 5.70. The first-order valence-corrected chi connectivity index (χ1v) is 10.9. The number of fused-ring (bicyclic) bond motifs is 1. The highest BCUT2D eigenvalue weighted by atomic mass is 35.5. The molecule has 0 bridgehead atoms. The minimum Gasteiger partial charge on any atom is -0.493 e. The molecule has 3 aromatic carbocycles. The predicted molar refractivity (Wildman–Crippen MR) is 126 cm³/mol. The third-order valence-electron chi connectivity index (χ3n) is 5.15. The van der Waals surface area contributed by atoms with Gasteiger partial charge >= 0.3 is 0 Å². The van der Waals surface area contributed by atoms with Gasteiger partial charge in [-0.25, -0.2) is 4.98 Å². The van der Waals surface area contributed by atoms with E-state index in [1.165, 1.54) is 5.56 Å². The number of hydrogen-bond acceptors (Lipinski definition) is 2. The molecule has 0 radical (unpaired) electrons. The number of nitrogens with zero attached hydrogens (tertiary/aromatic N) is 2. The highest BCUT2D eigenvalue weighted by molar-refractivity contribution is 6.36. The number of imidazole rings is 1. The molecular formula is C25H24Cl2N2O. The number of ether oxygens (including phenoxy) is 1. The summed E-state index contributed by atoms with van der Waals surface area (Å²) in [6, 6.07) is 21.9. The van der Waals surface area contributed by atoms with Crippen LogP contribution >= 0.6 is 23.2 Å². The van der Waals surface area contributed by atoms with E-state index in [9.17, 15) is 0 Å². The molecule has 0 saturated heterocycles. The zero-order valence-electron chi connectivity index (χ0n) is 17.1. The molecular weight excluding hydrogens is 415 g/mol. The molecule has 1 aromatic heterocycles. The SMILES string of the molecule is CC(C)c1ccccc1OCCCn1c(-c2ccc(Cl)cc2Cl)nc2ccccc21. The van der Waals surface area contributed by atoms with Gasteiger partial charge in [-0.15, -0.1) is 0 Å². The Labute approximate surface area is 187 Å². The lowest BCUT2D eigenvalue weighted by Crippen LogP contribution is -2.07. The summed E-state index contributed by atoms with van der Waals surface area (Å²) < 4.78 is 8.33. The van der Waals surface area contributed by atoms with Gasteiger partial charge < -0.3 is 9.30 Å². The topological polar surface area (TPSA) is 27.1 Å². The monoisotopic (exact) mass is 438 g/mol. The van der Waals surface area contributed by atoms with E-state index < -0.39 is 0 Å². The summed E-state index contributed by atoms with van der Waals surface area (Å²) >= 11 is 12.6. The first kappa shape index (κ1) is 20.8. The van der Waals surface area contributed by atoms with Crippen molar-refractivity contribution in [3.63, 3.8) is 0 Å². The Morgan fingerprint density at radius 2 is 1.73 bits per heavy atom. The Balaban J connectivity index is 1.57.